The average molecular weight is 227 g/mol. The Labute approximate surface area is 98.2 Å². The van der Waals surface area contributed by atoms with Gasteiger partial charge in [-0.3, -0.25) is 0 Å². The zero-order valence-corrected chi connectivity index (χ0v) is 10.1. The Morgan fingerprint density at radius 2 is 1.44 bits per heavy atom. The molecule has 2 aliphatic rings. The van der Waals surface area contributed by atoms with E-state index in [0.717, 1.165) is 38.5 Å². The van der Waals surface area contributed by atoms with Gasteiger partial charge in [-0.05, 0) is 38.5 Å². The molecular formula is C13H25NO2. The quantitative estimate of drug-likeness (QED) is 0.628. The molecule has 0 aromatic rings. The summed E-state index contributed by atoms with van der Waals surface area (Å²) in [6.45, 7) is 0. The van der Waals surface area contributed by atoms with Crippen LogP contribution in [-0.2, 0) is 0 Å². The standard InChI is InChI=1S/C13H25NO2/c15-11-8-6-10(7-9-11)14-12-4-2-1-3-5-13(12)16/h10-16H,1-9H2. The average Bonchev–Trinajstić information content (AvgIpc) is 2.48. The maximum Gasteiger partial charge on any atom is 0.0693 e. The van der Waals surface area contributed by atoms with Gasteiger partial charge in [0, 0.05) is 12.1 Å². The second-order valence-corrected chi connectivity index (χ2v) is 5.48. The van der Waals surface area contributed by atoms with E-state index in [2.05, 4.69) is 5.32 Å². The highest BCUT2D eigenvalue weighted by atomic mass is 16.3. The first-order valence-corrected chi connectivity index (χ1v) is 6.88. The van der Waals surface area contributed by atoms with Gasteiger partial charge in [-0.1, -0.05) is 19.3 Å². The number of hydrogen-bond donors (Lipinski definition) is 3. The molecule has 3 nitrogen and oxygen atoms in total. The van der Waals surface area contributed by atoms with Crippen LogP contribution in [0.1, 0.15) is 57.8 Å². The normalized spacial score (nSPS) is 41.6. The second-order valence-electron chi connectivity index (χ2n) is 5.48. The first kappa shape index (κ1) is 12.3. The van der Waals surface area contributed by atoms with Crippen molar-refractivity contribution >= 4 is 0 Å². The summed E-state index contributed by atoms with van der Waals surface area (Å²) in [5.41, 5.74) is 0. The fourth-order valence-electron chi connectivity index (χ4n) is 3.03. The van der Waals surface area contributed by atoms with Crippen LogP contribution in [0.15, 0.2) is 0 Å². The summed E-state index contributed by atoms with van der Waals surface area (Å²) >= 11 is 0. The molecule has 2 atom stereocenters. The summed E-state index contributed by atoms with van der Waals surface area (Å²) in [5.74, 6) is 0. The Balaban J connectivity index is 1.78. The highest BCUT2D eigenvalue weighted by Crippen LogP contribution is 2.23. The molecule has 0 heterocycles. The van der Waals surface area contributed by atoms with Crippen LogP contribution >= 0.6 is 0 Å². The van der Waals surface area contributed by atoms with Gasteiger partial charge in [0.1, 0.15) is 0 Å². The second kappa shape index (κ2) is 5.99. The largest absolute Gasteiger partial charge is 0.393 e. The van der Waals surface area contributed by atoms with E-state index in [1.54, 1.807) is 0 Å². The fraction of sp³-hybridized carbons (Fsp3) is 1.00. The number of aliphatic hydroxyl groups excluding tert-OH is 2. The van der Waals surface area contributed by atoms with E-state index in [0.29, 0.717) is 12.1 Å². The molecule has 0 spiro atoms. The van der Waals surface area contributed by atoms with Crippen molar-refractivity contribution < 1.29 is 10.2 Å². The van der Waals surface area contributed by atoms with Gasteiger partial charge in [-0.15, -0.1) is 0 Å². The predicted molar refractivity (Wildman–Crippen MR) is 64.3 cm³/mol. The molecule has 3 N–H and O–H groups in total. The Morgan fingerprint density at radius 3 is 2.19 bits per heavy atom. The van der Waals surface area contributed by atoms with Gasteiger partial charge in [-0.25, -0.2) is 0 Å². The Morgan fingerprint density at radius 1 is 0.750 bits per heavy atom. The minimum Gasteiger partial charge on any atom is -0.393 e. The molecule has 16 heavy (non-hydrogen) atoms. The summed E-state index contributed by atoms with van der Waals surface area (Å²) in [7, 11) is 0. The molecule has 0 saturated heterocycles. The molecule has 0 aliphatic heterocycles. The van der Waals surface area contributed by atoms with E-state index in [4.69, 9.17) is 0 Å². The molecule has 3 heteroatoms. The monoisotopic (exact) mass is 227 g/mol. The van der Waals surface area contributed by atoms with Crippen molar-refractivity contribution in [3.8, 4) is 0 Å². The lowest BCUT2D eigenvalue weighted by Gasteiger charge is -2.32. The van der Waals surface area contributed by atoms with Gasteiger partial charge in [0.2, 0.25) is 0 Å². The zero-order chi connectivity index (χ0) is 11.4. The molecule has 0 radical (unpaired) electrons. The highest BCUT2D eigenvalue weighted by Gasteiger charge is 2.26. The molecule has 0 bridgehead atoms. The fourth-order valence-corrected chi connectivity index (χ4v) is 3.03. The summed E-state index contributed by atoms with van der Waals surface area (Å²) in [6.07, 6.45) is 9.44. The first-order valence-electron chi connectivity index (χ1n) is 6.88. The Kier molecular flexibility index (Phi) is 4.62. The topological polar surface area (TPSA) is 52.5 Å². The molecule has 0 amide bonds. The van der Waals surface area contributed by atoms with Crippen LogP contribution in [0.4, 0.5) is 0 Å². The predicted octanol–water partition coefficient (Wildman–Crippen LogP) is 1.57. The lowest BCUT2D eigenvalue weighted by atomic mass is 9.91. The zero-order valence-electron chi connectivity index (χ0n) is 10.1. The minimum absolute atomic E-state index is 0.0860. The van der Waals surface area contributed by atoms with E-state index >= 15 is 0 Å². The molecule has 2 unspecified atom stereocenters. The summed E-state index contributed by atoms with van der Waals surface area (Å²) in [5, 5.41) is 23.1. The van der Waals surface area contributed by atoms with E-state index in [9.17, 15) is 10.2 Å². The van der Waals surface area contributed by atoms with Gasteiger partial charge in [0.05, 0.1) is 12.2 Å². The van der Waals surface area contributed by atoms with Crippen LogP contribution in [0.3, 0.4) is 0 Å². The van der Waals surface area contributed by atoms with Crippen LogP contribution in [0.2, 0.25) is 0 Å². The van der Waals surface area contributed by atoms with Crippen molar-refractivity contribution in [2.75, 3.05) is 0 Å². The lowest BCUT2D eigenvalue weighted by molar-refractivity contribution is 0.0875. The SMILES string of the molecule is OC1CCC(NC2CCCCCC2O)CC1. The first-order chi connectivity index (χ1) is 7.75. The highest BCUT2D eigenvalue weighted by molar-refractivity contribution is 4.85. The van der Waals surface area contributed by atoms with Crippen LogP contribution in [0.25, 0.3) is 0 Å². The summed E-state index contributed by atoms with van der Waals surface area (Å²) in [6, 6.07) is 0.809. The van der Waals surface area contributed by atoms with Gasteiger partial charge in [0.15, 0.2) is 0 Å². The molecule has 0 aromatic heterocycles. The molecule has 0 aromatic carbocycles. The Hall–Kier alpha value is -0.120. The smallest absolute Gasteiger partial charge is 0.0693 e. The number of nitrogens with one attached hydrogen (secondary N) is 1. The van der Waals surface area contributed by atoms with E-state index in [-0.39, 0.29) is 12.2 Å². The van der Waals surface area contributed by atoms with Crippen molar-refractivity contribution in [1.29, 1.82) is 0 Å². The van der Waals surface area contributed by atoms with Crippen LogP contribution in [-0.4, -0.2) is 34.5 Å². The van der Waals surface area contributed by atoms with E-state index < -0.39 is 0 Å². The maximum atomic E-state index is 10.0. The summed E-state index contributed by atoms with van der Waals surface area (Å²) in [4.78, 5) is 0. The molecule has 2 saturated carbocycles. The van der Waals surface area contributed by atoms with E-state index in [1.807, 2.05) is 0 Å². The summed E-state index contributed by atoms with van der Waals surface area (Å²) < 4.78 is 0. The molecule has 2 rings (SSSR count). The molecule has 2 fully saturated rings. The number of rotatable bonds is 2. The van der Waals surface area contributed by atoms with Crippen molar-refractivity contribution in [3.63, 3.8) is 0 Å². The maximum absolute atomic E-state index is 10.0. The number of hydrogen-bond acceptors (Lipinski definition) is 3. The van der Waals surface area contributed by atoms with Gasteiger partial charge in [0.25, 0.3) is 0 Å². The van der Waals surface area contributed by atoms with Crippen LogP contribution in [0.5, 0.6) is 0 Å². The third-order valence-electron chi connectivity index (χ3n) is 4.13. The van der Waals surface area contributed by atoms with Gasteiger partial charge in [-0.2, -0.15) is 0 Å². The molecule has 94 valence electrons. The number of aliphatic hydroxyl groups is 2. The third-order valence-corrected chi connectivity index (χ3v) is 4.13. The Bertz CT molecular complexity index is 202. The minimum atomic E-state index is -0.158. The lowest BCUT2D eigenvalue weighted by Crippen LogP contribution is -2.46. The van der Waals surface area contributed by atoms with Gasteiger partial charge >= 0.3 is 0 Å². The third kappa shape index (κ3) is 3.44. The molecular weight excluding hydrogens is 202 g/mol. The molecule has 2 aliphatic carbocycles. The van der Waals surface area contributed by atoms with Crippen LogP contribution in [0, 0.1) is 0 Å². The van der Waals surface area contributed by atoms with Crippen molar-refractivity contribution in [3.05, 3.63) is 0 Å². The van der Waals surface area contributed by atoms with E-state index in [1.165, 1.54) is 19.3 Å². The van der Waals surface area contributed by atoms with Gasteiger partial charge < -0.3 is 15.5 Å². The van der Waals surface area contributed by atoms with Crippen molar-refractivity contribution in [1.82, 2.24) is 5.32 Å². The van der Waals surface area contributed by atoms with Crippen LogP contribution < -0.4 is 5.32 Å². The van der Waals surface area contributed by atoms with Crippen molar-refractivity contribution in [2.24, 2.45) is 0 Å². The van der Waals surface area contributed by atoms with Crippen molar-refractivity contribution in [2.45, 2.75) is 82.1 Å².